The summed E-state index contributed by atoms with van der Waals surface area (Å²) in [7, 11) is 0. The van der Waals surface area contributed by atoms with Crippen LogP contribution in [0.4, 0.5) is 0 Å². The lowest BCUT2D eigenvalue weighted by atomic mass is 9.94. The van der Waals surface area contributed by atoms with Crippen molar-refractivity contribution >= 4 is 96.8 Å². The summed E-state index contributed by atoms with van der Waals surface area (Å²) in [6, 6.07) is 55.6. The van der Waals surface area contributed by atoms with E-state index >= 15 is 0 Å². The molecule has 0 atom stereocenters. The van der Waals surface area contributed by atoms with Gasteiger partial charge in [-0.25, -0.2) is 19.9 Å². The van der Waals surface area contributed by atoms with Crippen LogP contribution in [0.15, 0.2) is 164 Å². The molecule has 0 amide bonds. The summed E-state index contributed by atoms with van der Waals surface area (Å²) in [6.07, 6.45) is 1.84. The van der Waals surface area contributed by atoms with E-state index in [0.29, 0.717) is 5.95 Å². The molecule has 5 aromatic heterocycles. The molecular weight excluding hydrogens is 679 g/mol. The largest absolute Gasteiger partial charge is 0.262 e. The van der Waals surface area contributed by atoms with Gasteiger partial charge in [0.1, 0.15) is 5.65 Å². The third kappa shape index (κ3) is 4.14. The first-order valence-corrected chi connectivity index (χ1v) is 18.9. The Kier molecular flexibility index (Phi) is 6.15. The highest BCUT2D eigenvalue weighted by Crippen LogP contribution is 2.47. The summed E-state index contributed by atoms with van der Waals surface area (Å²) in [6.45, 7) is 0. The molecule has 0 aliphatic carbocycles. The normalized spacial score (nSPS) is 12.1. The van der Waals surface area contributed by atoms with Gasteiger partial charge in [0.15, 0.2) is 0 Å². The van der Waals surface area contributed by atoms with E-state index in [1.54, 1.807) is 0 Å². The Balaban J connectivity index is 1.19. The van der Waals surface area contributed by atoms with Crippen LogP contribution < -0.4 is 0 Å². The van der Waals surface area contributed by atoms with Gasteiger partial charge < -0.3 is 0 Å². The van der Waals surface area contributed by atoms with Crippen molar-refractivity contribution in [3.8, 4) is 28.5 Å². The maximum absolute atomic E-state index is 5.66. The zero-order valence-electron chi connectivity index (χ0n) is 28.7. The molecule has 12 rings (SSSR count). The molecule has 0 bridgehead atoms. The van der Waals surface area contributed by atoms with Crippen molar-refractivity contribution < 1.29 is 0 Å². The first-order valence-electron chi connectivity index (χ1n) is 18.1. The predicted octanol–water partition coefficient (Wildman–Crippen LogP) is 12.7. The van der Waals surface area contributed by atoms with Gasteiger partial charge in [0.05, 0.1) is 32.6 Å². The van der Waals surface area contributed by atoms with E-state index in [4.69, 9.17) is 19.9 Å². The molecule has 12 aromatic rings. The molecular formula is C48H27N5S. The minimum Gasteiger partial charge on any atom is -0.262 e. The third-order valence-electron chi connectivity index (χ3n) is 10.8. The molecule has 0 aliphatic heterocycles. The fourth-order valence-corrected chi connectivity index (χ4v) is 9.71. The Morgan fingerprint density at radius 1 is 0.444 bits per heavy atom. The lowest BCUT2D eigenvalue weighted by Crippen LogP contribution is -2.04. The van der Waals surface area contributed by atoms with E-state index in [2.05, 4.69) is 138 Å². The van der Waals surface area contributed by atoms with Crippen LogP contribution >= 0.6 is 11.3 Å². The second-order valence-corrected chi connectivity index (χ2v) is 14.8. The molecule has 0 fully saturated rings. The van der Waals surface area contributed by atoms with E-state index in [1.807, 2.05) is 41.8 Å². The Hall–Kier alpha value is -7.02. The Morgan fingerprint density at radius 2 is 1.09 bits per heavy atom. The highest BCUT2D eigenvalue weighted by Gasteiger charge is 2.22. The van der Waals surface area contributed by atoms with Crippen molar-refractivity contribution in [3.05, 3.63) is 164 Å². The Bertz CT molecular complexity index is 3510. The number of pyridine rings is 2. The van der Waals surface area contributed by atoms with Crippen LogP contribution in [0.3, 0.4) is 0 Å². The van der Waals surface area contributed by atoms with Crippen molar-refractivity contribution in [2.45, 2.75) is 0 Å². The lowest BCUT2D eigenvalue weighted by molar-refractivity contribution is 0.998. The van der Waals surface area contributed by atoms with Crippen molar-refractivity contribution in [1.82, 2.24) is 24.5 Å². The van der Waals surface area contributed by atoms with E-state index in [-0.39, 0.29) is 0 Å². The molecule has 5 nitrogen and oxygen atoms in total. The number of nitrogens with zero attached hydrogens (tertiary/aromatic N) is 5. The average molecular weight is 706 g/mol. The van der Waals surface area contributed by atoms with Crippen LogP contribution in [0.1, 0.15) is 0 Å². The summed E-state index contributed by atoms with van der Waals surface area (Å²) in [5, 5.41) is 11.7. The van der Waals surface area contributed by atoms with Crippen LogP contribution in [0.2, 0.25) is 0 Å². The van der Waals surface area contributed by atoms with Gasteiger partial charge in [0.25, 0.3) is 0 Å². The van der Waals surface area contributed by atoms with Gasteiger partial charge in [-0.15, -0.1) is 11.3 Å². The van der Waals surface area contributed by atoms with Crippen LogP contribution in [0.5, 0.6) is 0 Å². The molecule has 0 N–H and O–H groups in total. The summed E-state index contributed by atoms with van der Waals surface area (Å²) >= 11 is 1.83. The number of benzene rings is 7. The molecule has 6 heteroatoms. The molecule has 0 aliphatic rings. The third-order valence-corrected chi connectivity index (χ3v) is 12.0. The zero-order chi connectivity index (χ0) is 35.3. The standard InChI is InChI=1S/C48H27N5S/c1-2-13-28(14-3-1)43-36-19-8-10-22-38(36)50-48(52-43)53-39-27-29(24-25-30(39)35-21-12-26-49-47(35)53)44-34-18-7-6-17-33(34)41-31-15-4-5-16-32(31)42-37-20-9-11-23-40(37)54-46(42)45(41)51-44/h1-27H. The van der Waals surface area contributed by atoms with Gasteiger partial charge in [-0.2, -0.15) is 0 Å². The number of fused-ring (bicyclic) bond motifs is 14. The highest BCUT2D eigenvalue weighted by atomic mass is 32.1. The van der Waals surface area contributed by atoms with E-state index in [1.165, 1.54) is 41.7 Å². The van der Waals surface area contributed by atoms with E-state index < -0.39 is 0 Å². The van der Waals surface area contributed by atoms with Gasteiger partial charge in [-0.05, 0) is 46.5 Å². The number of rotatable bonds is 3. The molecule has 250 valence electrons. The van der Waals surface area contributed by atoms with Crippen molar-refractivity contribution in [3.63, 3.8) is 0 Å². The molecule has 5 heterocycles. The molecule has 54 heavy (non-hydrogen) atoms. The molecule has 0 saturated carbocycles. The topological polar surface area (TPSA) is 56.5 Å². The summed E-state index contributed by atoms with van der Waals surface area (Å²) in [4.78, 5) is 21.0. The van der Waals surface area contributed by atoms with Crippen LogP contribution in [0.25, 0.3) is 114 Å². The van der Waals surface area contributed by atoms with Gasteiger partial charge in [0.2, 0.25) is 5.95 Å². The smallest absolute Gasteiger partial charge is 0.237 e. The predicted molar refractivity (Wildman–Crippen MR) is 226 cm³/mol. The molecule has 0 unspecified atom stereocenters. The van der Waals surface area contributed by atoms with Crippen molar-refractivity contribution in [2.24, 2.45) is 0 Å². The maximum Gasteiger partial charge on any atom is 0.237 e. The van der Waals surface area contributed by atoms with Crippen molar-refractivity contribution in [2.75, 3.05) is 0 Å². The van der Waals surface area contributed by atoms with Crippen LogP contribution in [0, 0.1) is 0 Å². The average Bonchev–Trinajstić information content (AvgIpc) is 3.80. The van der Waals surface area contributed by atoms with Crippen LogP contribution in [-0.2, 0) is 0 Å². The Morgan fingerprint density at radius 3 is 1.93 bits per heavy atom. The number of thiophene rings is 1. The number of aromatic nitrogens is 5. The molecule has 0 saturated heterocycles. The van der Waals surface area contributed by atoms with Gasteiger partial charge >= 0.3 is 0 Å². The SMILES string of the molecule is c1ccc(-c2nc(-n3c4cc(-c5nc6c7sc8ccccc8c7c7ccccc7c6c6ccccc56)ccc4c4cccnc43)nc3ccccc23)cc1. The van der Waals surface area contributed by atoms with Gasteiger partial charge in [-0.1, -0.05) is 127 Å². The molecule has 0 radical (unpaired) electrons. The Labute approximate surface area is 312 Å². The van der Waals surface area contributed by atoms with Gasteiger partial charge in [0, 0.05) is 59.7 Å². The molecule has 7 aromatic carbocycles. The molecule has 0 spiro atoms. The lowest BCUT2D eigenvalue weighted by Gasteiger charge is -2.14. The minimum absolute atomic E-state index is 0.582. The summed E-state index contributed by atoms with van der Waals surface area (Å²) < 4.78 is 4.60. The fourth-order valence-electron chi connectivity index (χ4n) is 8.49. The second kappa shape index (κ2) is 11.2. The highest BCUT2D eigenvalue weighted by molar-refractivity contribution is 7.27. The second-order valence-electron chi connectivity index (χ2n) is 13.8. The monoisotopic (exact) mass is 705 g/mol. The maximum atomic E-state index is 5.66. The van der Waals surface area contributed by atoms with E-state index in [0.717, 1.165) is 66.3 Å². The van der Waals surface area contributed by atoms with Crippen molar-refractivity contribution in [1.29, 1.82) is 0 Å². The first kappa shape index (κ1) is 29.5. The van der Waals surface area contributed by atoms with Gasteiger partial charge in [-0.3, -0.25) is 4.57 Å². The minimum atomic E-state index is 0.582. The number of hydrogen-bond acceptors (Lipinski definition) is 5. The first-order chi connectivity index (χ1) is 26.8. The fraction of sp³-hybridized carbons (Fsp3) is 0. The summed E-state index contributed by atoms with van der Waals surface area (Å²) in [5.41, 5.74) is 7.61. The number of para-hydroxylation sites is 1. The number of hydrogen-bond donors (Lipinski definition) is 0. The zero-order valence-corrected chi connectivity index (χ0v) is 29.5. The van der Waals surface area contributed by atoms with E-state index in [9.17, 15) is 0 Å². The van der Waals surface area contributed by atoms with Crippen LogP contribution in [-0.4, -0.2) is 24.5 Å². The quantitative estimate of drug-likeness (QED) is 0.172. The summed E-state index contributed by atoms with van der Waals surface area (Å²) in [5.74, 6) is 0.582.